The van der Waals surface area contributed by atoms with E-state index in [9.17, 15) is 43.9 Å². The summed E-state index contributed by atoms with van der Waals surface area (Å²) in [4.78, 5) is -0.530. The first-order valence-electron chi connectivity index (χ1n) is 13.6. The van der Waals surface area contributed by atoms with Crippen molar-refractivity contribution in [3.05, 3.63) is 82.9 Å². The largest absolute Gasteiger partial charge is 0.487 e. The molecular formula is C31H16F16O2S2. The fourth-order valence-electron chi connectivity index (χ4n) is 5.13. The van der Waals surface area contributed by atoms with Gasteiger partial charge in [-0.25, -0.2) is 0 Å². The molecule has 1 aliphatic carbocycles. The Bertz CT molecular complexity index is 1830. The summed E-state index contributed by atoms with van der Waals surface area (Å²) in [6.45, 7) is 0. The van der Waals surface area contributed by atoms with Crippen LogP contribution in [-0.2, 0) is 11.8 Å². The van der Waals surface area contributed by atoms with E-state index < -0.39 is 85.5 Å². The fourth-order valence-corrected chi connectivity index (χ4v) is 7.10. The van der Waals surface area contributed by atoms with Crippen molar-refractivity contribution in [2.24, 2.45) is 0 Å². The zero-order valence-corrected chi connectivity index (χ0v) is 26.6. The number of allylic oxidation sites excluding steroid dienone is 2. The van der Waals surface area contributed by atoms with E-state index in [0.29, 0.717) is 59.1 Å². The van der Waals surface area contributed by atoms with Crippen LogP contribution in [0.4, 0.5) is 70.2 Å². The molecule has 0 aliphatic heterocycles. The van der Waals surface area contributed by atoms with Crippen LogP contribution in [0.5, 0.6) is 10.1 Å². The van der Waals surface area contributed by atoms with Crippen LogP contribution in [-0.4, -0.2) is 44.3 Å². The van der Waals surface area contributed by atoms with E-state index in [1.54, 1.807) is 0 Å². The molecule has 20 heteroatoms. The third kappa shape index (κ3) is 5.81. The molecule has 2 nitrogen and oxygen atoms in total. The van der Waals surface area contributed by atoms with Crippen molar-refractivity contribution in [2.75, 3.05) is 14.2 Å². The highest BCUT2D eigenvalue weighted by atomic mass is 32.1. The number of alkyl halides is 16. The lowest BCUT2D eigenvalue weighted by Crippen LogP contribution is -2.48. The predicted octanol–water partition coefficient (Wildman–Crippen LogP) is 12.3. The van der Waals surface area contributed by atoms with Crippen molar-refractivity contribution >= 4 is 33.8 Å². The summed E-state index contributed by atoms with van der Waals surface area (Å²) in [5, 5.41) is -1.35. The van der Waals surface area contributed by atoms with Gasteiger partial charge in [0.2, 0.25) is 0 Å². The van der Waals surface area contributed by atoms with Crippen molar-refractivity contribution in [3.8, 4) is 31.0 Å². The van der Waals surface area contributed by atoms with Crippen LogP contribution in [0.25, 0.3) is 32.0 Å². The van der Waals surface area contributed by atoms with Gasteiger partial charge in [0, 0.05) is 43.2 Å². The molecular weight excluding hydrogens is 772 g/mol. The van der Waals surface area contributed by atoms with Crippen molar-refractivity contribution in [1.29, 1.82) is 0 Å². The second kappa shape index (κ2) is 12.1. The minimum Gasteiger partial charge on any atom is -0.487 e. The summed E-state index contributed by atoms with van der Waals surface area (Å²) in [6.07, 6.45) is -12.0. The van der Waals surface area contributed by atoms with Crippen LogP contribution >= 0.6 is 22.7 Å². The zero-order valence-electron chi connectivity index (χ0n) is 25.0. The van der Waals surface area contributed by atoms with E-state index in [1.165, 1.54) is 0 Å². The molecule has 0 bridgehead atoms. The molecule has 0 atom stereocenters. The third-order valence-corrected chi connectivity index (χ3v) is 10.0. The Hall–Kier alpha value is -3.94. The van der Waals surface area contributed by atoms with Gasteiger partial charge < -0.3 is 9.47 Å². The average molecular weight is 789 g/mol. The first-order chi connectivity index (χ1) is 23.3. The van der Waals surface area contributed by atoms with Gasteiger partial charge in [-0.2, -0.15) is 70.2 Å². The van der Waals surface area contributed by atoms with Crippen LogP contribution in [0.3, 0.4) is 0 Å². The summed E-state index contributed by atoms with van der Waals surface area (Å²) in [5.74, 6) is -28.0. The molecule has 5 rings (SSSR count). The molecule has 0 amide bonds. The van der Waals surface area contributed by atoms with Gasteiger partial charge in [-0.15, -0.1) is 0 Å². The molecule has 0 radical (unpaired) electrons. The molecule has 0 saturated carbocycles. The lowest BCUT2D eigenvalue weighted by atomic mass is 9.96. The quantitative estimate of drug-likeness (QED) is 0.166. The molecule has 1 aliphatic rings. The minimum atomic E-state index is -6.11. The first kappa shape index (κ1) is 38.3. The van der Waals surface area contributed by atoms with Crippen LogP contribution in [0.1, 0.15) is 22.3 Å². The summed E-state index contributed by atoms with van der Waals surface area (Å²) in [7, 11) is 1.70. The normalized spacial score (nSPS) is 17.6. The van der Waals surface area contributed by atoms with Crippen LogP contribution in [0.15, 0.2) is 60.7 Å². The van der Waals surface area contributed by atoms with Gasteiger partial charge in [0.05, 0.1) is 14.2 Å². The van der Waals surface area contributed by atoms with Gasteiger partial charge >= 0.3 is 42.0 Å². The molecule has 0 spiro atoms. The maximum Gasteiger partial charge on any atom is 0.458 e. The SMILES string of the molecule is COc1sc(-c2ccc(C(F)(F)C(F)(F)F)cc2)cc1C1=C(c2cc(-c3ccc(C(F)(F)C(F)(F)F)cc3)sc2OC)C(F)(F)C(F)(F)C1(F)F. The lowest BCUT2D eigenvalue weighted by molar-refractivity contribution is -0.289. The van der Waals surface area contributed by atoms with Gasteiger partial charge in [0.25, 0.3) is 0 Å². The Balaban J connectivity index is 1.69. The standard InChI is InChI=1S/C31H16F16O2S2/c1-48-23-17(11-19(50-23)13-3-7-15(8-4-13)25(32,33)30(42,43)44)21-22(28(38,39)29(40,41)27(21,36)37)18-12-20(51-24(18)49-2)14-5-9-16(10-6-14)26(34,35)31(45,46)47/h3-12H,1-2H3. The number of methoxy groups -OCH3 is 2. The van der Waals surface area contributed by atoms with Gasteiger partial charge in [-0.3, -0.25) is 0 Å². The summed E-state index contributed by atoms with van der Waals surface area (Å²) >= 11 is 0.749. The maximum absolute atomic E-state index is 15.6. The maximum atomic E-state index is 15.6. The van der Waals surface area contributed by atoms with Gasteiger partial charge in [-0.1, -0.05) is 71.2 Å². The number of rotatable bonds is 8. The smallest absolute Gasteiger partial charge is 0.458 e. The van der Waals surface area contributed by atoms with E-state index >= 15 is 26.3 Å². The summed E-state index contributed by atoms with van der Waals surface area (Å²) in [6, 6.07) is 5.67. The van der Waals surface area contributed by atoms with Crippen LogP contribution in [0, 0.1) is 0 Å². The molecule has 276 valence electrons. The molecule has 0 fully saturated rings. The molecule has 4 aromatic rings. The Morgan fingerprint density at radius 1 is 0.490 bits per heavy atom. The van der Waals surface area contributed by atoms with E-state index in [1.807, 2.05) is 0 Å². The average Bonchev–Trinajstić information content (AvgIpc) is 3.68. The van der Waals surface area contributed by atoms with E-state index in [2.05, 4.69) is 0 Å². The molecule has 0 unspecified atom stereocenters. The number of thiophene rings is 2. The van der Waals surface area contributed by atoms with Crippen molar-refractivity contribution < 1.29 is 79.7 Å². The van der Waals surface area contributed by atoms with Crippen LogP contribution in [0.2, 0.25) is 0 Å². The summed E-state index contributed by atoms with van der Waals surface area (Å²) in [5.41, 5.74) is -9.46. The Morgan fingerprint density at radius 3 is 1.04 bits per heavy atom. The van der Waals surface area contributed by atoms with Crippen molar-refractivity contribution in [1.82, 2.24) is 0 Å². The molecule has 2 heterocycles. The third-order valence-electron chi connectivity index (χ3n) is 7.75. The zero-order chi connectivity index (χ0) is 38.3. The van der Waals surface area contributed by atoms with E-state index in [-0.39, 0.29) is 20.9 Å². The molecule has 51 heavy (non-hydrogen) atoms. The molecule has 2 aromatic carbocycles. The van der Waals surface area contributed by atoms with E-state index in [0.717, 1.165) is 38.5 Å². The van der Waals surface area contributed by atoms with E-state index in [4.69, 9.17) is 9.47 Å². The number of benzene rings is 2. The van der Waals surface area contributed by atoms with Crippen LogP contribution < -0.4 is 9.47 Å². The summed E-state index contributed by atoms with van der Waals surface area (Å²) < 4.78 is 235. The Labute approximate surface area is 283 Å². The monoisotopic (exact) mass is 788 g/mol. The highest BCUT2D eigenvalue weighted by Crippen LogP contribution is 2.67. The molecule has 2 aromatic heterocycles. The molecule has 0 saturated heterocycles. The van der Waals surface area contributed by atoms with Gasteiger partial charge in [0.1, 0.15) is 0 Å². The van der Waals surface area contributed by atoms with Crippen molar-refractivity contribution in [3.63, 3.8) is 0 Å². The number of halogens is 16. The number of hydrogen-bond donors (Lipinski definition) is 0. The first-order valence-corrected chi connectivity index (χ1v) is 15.2. The fraction of sp³-hybridized carbons (Fsp3) is 0.290. The Morgan fingerprint density at radius 2 is 0.784 bits per heavy atom. The second-order valence-electron chi connectivity index (χ2n) is 10.8. The second-order valence-corrected chi connectivity index (χ2v) is 12.8. The topological polar surface area (TPSA) is 18.5 Å². The van der Waals surface area contributed by atoms with Crippen molar-refractivity contribution in [2.45, 2.75) is 42.0 Å². The minimum absolute atomic E-state index is 0.219. The predicted molar refractivity (Wildman–Crippen MR) is 154 cm³/mol. The van der Waals surface area contributed by atoms with Gasteiger partial charge in [-0.05, 0) is 23.3 Å². The molecule has 0 N–H and O–H groups in total. The number of ether oxygens (including phenoxy) is 2. The highest BCUT2D eigenvalue weighted by Gasteiger charge is 2.81. The van der Waals surface area contributed by atoms with Gasteiger partial charge in [0.15, 0.2) is 10.1 Å². The lowest BCUT2D eigenvalue weighted by Gasteiger charge is -2.25. The Kier molecular flexibility index (Phi) is 9.06. The highest BCUT2D eigenvalue weighted by molar-refractivity contribution is 7.18. The number of hydrogen-bond acceptors (Lipinski definition) is 4.